The number of rotatable bonds is 3. The van der Waals surface area contributed by atoms with Gasteiger partial charge < -0.3 is 0 Å². The van der Waals surface area contributed by atoms with Gasteiger partial charge in [0.15, 0.2) is 17.4 Å². The molecule has 0 atom stereocenters. The van der Waals surface area contributed by atoms with Crippen LogP contribution >= 0.6 is 0 Å². The minimum atomic E-state index is -0.972. The largest absolute Gasteiger partial charge is 0.292 e. The summed E-state index contributed by atoms with van der Waals surface area (Å²) in [6, 6.07) is 3.35. The SMILES string of the molecule is CC(C)(C(=O)c1ccc(F)c(F)c1)N1CCCCC1. The summed E-state index contributed by atoms with van der Waals surface area (Å²) in [7, 11) is 0. The quantitative estimate of drug-likeness (QED) is 0.782. The first-order valence-electron chi connectivity index (χ1n) is 6.68. The highest BCUT2D eigenvalue weighted by molar-refractivity contribution is 6.02. The number of carbonyl (C=O) groups excluding carboxylic acids is 1. The molecule has 1 heterocycles. The molecule has 0 aromatic heterocycles. The molecule has 0 spiro atoms. The van der Waals surface area contributed by atoms with E-state index in [-0.39, 0.29) is 11.3 Å². The van der Waals surface area contributed by atoms with Crippen molar-refractivity contribution >= 4 is 5.78 Å². The van der Waals surface area contributed by atoms with E-state index in [9.17, 15) is 13.6 Å². The van der Waals surface area contributed by atoms with Gasteiger partial charge in [-0.3, -0.25) is 9.69 Å². The molecular formula is C15H19F2NO. The first kappa shape index (κ1) is 14.1. The summed E-state index contributed by atoms with van der Waals surface area (Å²) in [5.41, 5.74) is -0.445. The average Bonchev–Trinajstić information content (AvgIpc) is 2.42. The van der Waals surface area contributed by atoms with Gasteiger partial charge in [0.2, 0.25) is 0 Å². The second-order valence-corrected chi connectivity index (χ2v) is 5.56. The predicted molar refractivity (Wildman–Crippen MR) is 70.2 cm³/mol. The van der Waals surface area contributed by atoms with Gasteiger partial charge in [0.1, 0.15) is 0 Å². The minimum Gasteiger partial charge on any atom is -0.292 e. The molecule has 0 radical (unpaired) electrons. The smallest absolute Gasteiger partial charge is 0.182 e. The van der Waals surface area contributed by atoms with E-state index in [1.165, 1.54) is 12.5 Å². The first-order valence-corrected chi connectivity index (χ1v) is 6.68. The molecule has 1 aliphatic rings. The Labute approximate surface area is 112 Å². The molecule has 0 unspecified atom stereocenters. The van der Waals surface area contributed by atoms with E-state index in [0.717, 1.165) is 38.1 Å². The number of Topliss-reactive ketones (excluding diaryl/α,β-unsaturated/α-hetero) is 1. The Balaban J connectivity index is 2.23. The molecule has 1 fully saturated rings. The predicted octanol–water partition coefficient (Wildman–Crippen LogP) is 3.41. The maximum Gasteiger partial charge on any atom is 0.182 e. The number of hydrogen-bond donors (Lipinski definition) is 0. The normalized spacial score (nSPS) is 17.5. The van der Waals surface area contributed by atoms with Crippen LogP contribution in [0.1, 0.15) is 43.5 Å². The molecule has 0 amide bonds. The van der Waals surface area contributed by atoms with Gasteiger partial charge in [-0.15, -0.1) is 0 Å². The molecule has 104 valence electrons. The van der Waals surface area contributed by atoms with E-state index in [1.807, 2.05) is 13.8 Å². The fourth-order valence-corrected chi connectivity index (χ4v) is 2.59. The third-order valence-electron chi connectivity index (χ3n) is 3.88. The van der Waals surface area contributed by atoms with Crippen molar-refractivity contribution in [1.29, 1.82) is 0 Å². The zero-order valence-corrected chi connectivity index (χ0v) is 11.4. The van der Waals surface area contributed by atoms with Crippen LogP contribution in [-0.4, -0.2) is 29.3 Å². The molecule has 1 saturated heterocycles. The van der Waals surface area contributed by atoms with Crippen LogP contribution in [0.25, 0.3) is 0 Å². The molecule has 19 heavy (non-hydrogen) atoms. The van der Waals surface area contributed by atoms with E-state index in [1.54, 1.807) is 0 Å². The molecule has 0 N–H and O–H groups in total. The van der Waals surface area contributed by atoms with E-state index in [2.05, 4.69) is 4.90 Å². The molecule has 2 rings (SSSR count). The number of hydrogen-bond acceptors (Lipinski definition) is 2. The van der Waals surface area contributed by atoms with Gasteiger partial charge in [0.05, 0.1) is 5.54 Å². The van der Waals surface area contributed by atoms with Gasteiger partial charge in [-0.05, 0) is 58.0 Å². The van der Waals surface area contributed by atoms with Gasteiger partial charge in [0, 0.05) is 5.56 Å². The van der Waals surface area contributed by atoms with E-state index in [0.29, 0.717) is 0 Å². The lowest BCUT2D eigenvalue weighted by Gasteiger charge is -2.39. The second-order valence-electron chi connectivity index (χ2n) is 5.56. The summed E-state index contributed by atoms with van der Waals surface area (Å²) >= 11 is 0. The zero-order valence-electron chi connectivity index (χ0n) is 11.4. The summed E-state index contributed by atoms with van der Waals surface area (Å²) in [5, 5.41) is 0. The maximum atomic E-state index is 13.2. The second kappa shape index (κ2) is 5.37. The Morgan fingerprint density at radius 1 is 1.11 bits per heavy atom. The molecule has 0 saturated carbocycles. The van der Waals surface area contributed by atoms with Crippen molar-refractivity contribution in [2.75, 3.05) is 13.1 Å². The summed E-state index contributed by atoms with van der Waals surface area (Å²) in [5.74, 6) is -2.05. The number of nitrogens with zero attached hydrogens (tertiary/aromatic N) is 1. The Bertz CT molecular complexity index is 479. The standard InChI is InChI=1S/C15H19F2NO/c1-15(2,18-8-4-3-5-9-18)14(19)11-6-7-12(16)13(17)10-11/h6-7,10H,3-5,8-9H2,1-2H3. The summed E-state index contributed by atoms with van der Waals surface area (Å²) < 4.78 is 26.1. The monoisotopic (exact) mass is 267 g/mol. The van der Waals surface area contributed by atoms with Crippen molar-refractivity contribution in [3.63, 3.8) is 0 Å². The molecule has 4 heteroatoms. The van der Waals surface area contributed by atoms with Crippen molar-refractivity contribution in [2.45, 2.75) is 38.6 Å². The van der Waals surface area contributed by atoms with Gasteiger partial charge in [0.25, 0.3) is 0 Å². The molecule has 0 aliphatic carbocycles. The molecule has 2 nitrogen and oxygen atoms in total. The van der Waals surface area contributed by atoms with E-state index >= 15 is 0 Å². The Kier molecular flexibility index (Phi) is 3.99. The third kappa shape index (κ3) is 2.84. The highest BCUT2D eigenvalue weighted by Crippen LogP contribution is 2.25. The lowest BCUT2D eigenvalue weighted by atomic mass is 9.89. The first-order chi connectivity index (χ1) is 8.93. The Morgan fingerprint density at radius 3 is 2.32 bits per heavy atom. The number of piperidine rings is 1. The fourth-order valence-electron chi connectivity index (χ4n) is 2.59. The number of carbonyl (C=O) groups is 1. The molecular weight excluding hydrogens is 248 g/mol. The summed E-state index contributed by atoms with van der Waals surface area (Å²) in [6.07, 6.45) is 3.34. The fraction of sp³-hybridized carbons (Fsp3) is 0.533. The van der Waals surface area contributed by atoms with Crippen molar-refractivity contribution in [3.05, 3.63) is 35.4 Å². The zero-order chi connectivity index (χ0) is 14.0. The van der Waals surface area contributed by atoms with Crippen LogP contribution in [0.5, 0.6) is 0 Å². The summed E-state index contributed by atoms with van der Waals surface area (Å²) in [6.45, 7) is 5.45. The van der Waals surface area contributed by atoms with E-state index < -0.39 is 17.2 Å². The van der Waals surface area contributed by atoms with E-state index in [4.69, 9.17) is 0 Å². The highest BCUT2D eigenvalue weighted by atomic mass is 19.2. The molecule has 1 aromatic rings. The van der Waals surface area contributed by atoms with Crippen LogP contribution in [0.4, 0.5) is 8.78 Å². The van der Waals surface area contributed by atoms with Crippen LogP contribution in [0.2, 0.25) is 0 Å². The topological polar surface area (TPSA) is 20.3 Å². The van der Waals surface area contributed by atoms with Gasteiger partial charge in [-0.1, -0.05) is 6.42 Å². The third-order valence-corrected chi connectivity index (χ3v) is 3.88. The van der Waals surface area contributed by atoms with Crippen molar-refractivity contribution < 1.29 is 13.6 Å². The van der Waals surface area contributed by atoms with Crippen LogP contribution in [-0.2, 0) is 0 Å². The molecule has 1 aromatic carbocycles. The maximum absolute atomic E-state index is 13.2. The van der Waals surface area contributed by atoms with Gasteiger partial charge in [-0.2, -0.15) is 0 Å². The summed E-state index contributed by atoms with van der Waals surface area (Å²) in [4.78, 5) is 14.6. The van der Waals surface area contributed by atoms with Gasteiger partial charge >= 0.3 is 0 Å². The van der Waals surface area contributed by atoms with Gasteiger partial charge in [-0.25, -0.2) is 8.78 Å². The molecule has 1 aliphatic heterocycles. The number of ketones is 1. The van der Waals surface area contributed by atoms with Crippen molar-refractivity contribution in [3.8, 4) is 0 Å². The van der Waals surface area contributed by atoms with Crippen LogP contribution in [0.3, 0.4) is 0 Å². The lowest BCUT2D eigenvalue weighted by molar-refractivity contribution is 0.0578. The van der Waals surface area contributed by atoms with Crippen LogP contribution < -0.4 is 0 Å². The molecule has 0 bridgehead atoms. The number of halogens is 2. The number of benzene rings is 1. The van der Waals surface area contributed by atoms with Crippen LogP contribution in [0, 0.1) is 11.6 Å². The lowest BCUT2D eigenvalue weighted by Crippen LogP contribution is -2.52. The average molecular weight is 267 g/mol. The highest BCUT2D eigenvalue weighted by Gasteiger charge is 2.35. The van der Waals surface area contributed by atoms with Crippen LogP contribution in [0.15, 0.2) is 18.2 Å². The van der Waals surface area contributed by atoms with Crippen molar-refractivity contribution in [2.24, 2.45) is 0 Å². The van der Waals surface area contributed by atoms with Crippen molar-refractivity contribution in [1.82, 2.24) is 4.90 Å². The Morgan fingerprint density at radius 2 is 1.74 bits per heavy atom. The Hall–Kier alpha value is -1.29. The minimum absolute atomic E-state index is 0.159. The number of likely N-dealkylation sites (tertiary alicyclic amines) is 1.